The number of hydrogen-bond acceptors (Lipinski definition) is 3. The highest BCUT2D eigenvalue weighted by atomic mass is 15.2. The lowest BCUT2D eigenvalue weighted by molar-refractivity contribution is 0.531. The van der Waals surface area contributed by atoms with Crippen LogP contribution in [0.25, 0.3) is 11.2 Å². The number of nitrogens with zero attached hydrogens (tertiary/aromatic N) is 3. The molecule has 3 rings (SSSR count). The van der Waals surface area contributed by atoms with Gasteiger partial charge in [0.2, 0.25) is 0 Å². The van der Waals surface area contributed by atoms with Gasteiger partial charge in [0.15, 0.2) is 5.65 Å². The van der Waals surface area contributed by atoms with Crippen molar-refractivity contribution in [3.8, 4) is 0 Å². The van der Waals surface area contributed by atoms with Gasteiger partial charge in [0.25, 0.3) is 0 Å². The van der Waals surface area contributed by atoms with Crippen molar-refractivity contribution in [1.29, 1.82) is 0 Å². The SMILES string of the molecule is CCCc1nc2cccnc2n1C1CCNC1. The molecule has 4 heteroatoms. The summed E-state index contributed by atoms with van der Waals surface area (Å²) in [6.45, 7) is 4.34. The van der Waals surface area contributed by atoms with E-state index in [4.69, 9.17) is 4.98 Å². The Kier molecular flexibility index (Phi) is 2.81. The van der Waals surface area contributed by atoms with Gasteiger partial charge < -0.3 is 9.88 Å². The van der Waals surface area contributed by atoms with Crippen LogP contribution in [0.1, 0.15) is 31.6 Å². The largest absolute Gasteiger partial charge is 0.315 e. The lowest BCUT2D eigenvalue weighted by Crippen LogP contribution is -2.16. The maximum atomic E-state index is 4.72. The first-order valence-corrected chi connectivity index (χ1v) is 6.42. The number of aromatic nitrogens is 3. The molecule has 0 radical (unpaired) electrons. The summed E-state index contributed by atoms with van der Waals surface area (Å²) in [5.41, 5.74) is 2.08. The zero-order chi connectivity index (χ0) is 11.7. The fraction of sp³-hybridized carbons (Fsp3) is 0.538. The molecule has 1 atom stereocenters. The molecule has 1 aliphatic heterocycles. The van der Waals surface area contributed by atoms with E-state index in [1.54, 1.807) is 0 Å². The smallest absolute Gasteiger partial charge is 0.160 e. The lowest BCUT2D eigenvalue weighted by Gasteiger charge is -2.14. The molecule has 0 aliphatic carbocycles. The molecular weight excluding hydrogens is 212 g/mol. The van der Waals surface area contributed by atoms with E-state index in [0.29, 0.717) is 6.04 Å². The van der Waals surface area contributed by atoms with E-state index < -0.39 is 0 Å². The van der Waals surface area contributed by atoms with E-state index in [9.17, 15) is 0 Å². The molecule has 17 heavy (non-hydrogen) atoms. The Labute approximate surface area is 101 Å². The molecular formula is C13H18N4. The number of aryl methyl sites for hydroxylation is 1. The molecule has 3 heterocycles. The fourth-order valence-corrected chi connectivity index (χ4v) is 2.62. The first kappa shape index (κ1) is 10.7. The summed E-state index contributed by atoms with van der Waals surface area (Å²) in [5.74, 6) is 1.19. The molecule has 0 amide bonds. The van der Waals surface area contributed by atoms with Gasteiger partial charge in [-0.2, -0.15) is 0 Å². The predicted molar refractivity (Wildman–Crippen MR) is 68.0 cm³/mol. The quantitative estimate of drug-likeness (QED) is 0.876. The van der Waals surface area contributed by atoms with Crippen molar-refractivity contribution >= 4 is 11.2 Å². The minimum atomic E-state index is 0.524. The number of nitrogens with one attached hydrogen (secondary N) is 1. The third kappa shape index (κ3) is 1.82. The maximum absolute atomic E-state index is 4.72. The second-order valence-electron chi connectivity index (χ2n) is 4.64. The van der Waals surface area contributed by atoms with Crippen LogP contribution in [0, 0.1) is 0 Å². The maximum Gasteiger partial charge on any atom is 0.160 e. The standard InChI is InChI=1S/C13H18N4/c1-2-4-12-16-11-5-3-7-15-13(11)17(12)10-6-8-14-9-10/h3,5,7,10,14H,2,4,6,8-9H2,1H3. The Morgan fingerprint density at radius 1 is 1.53 bits per heavy atom. The fourth-order valence-electron chi connectivity index (χ4n) is 2.62. The zero-order valence-corrected chi connectivity index (χ0v) is 10.2. The van der Waals surface area contributed by atoms with Crippen molar-refractivity contribution < 1.29 is 0 Å². The van der Waals surface area contributed by atoms with Crippen LogP contribution in [-0.4, -0.2) is 27.6 Å². The Morgan fingerprint density at radius 3 is 3.24 bits per heavy atom. The van der Waals surface area contributed by atoms with Gasteiger partial charge in [-0.1, -0.05) is 6.92 Å². The van der Waals surface area contributed by atoms with Crippen molar-refractivity contribution in [3.63, 3.8) is 0 Å². The monoisotopic (exact) mass is 230 g/mol. The van der Waals surface area contributed by atoms with Crippen molar-refractivity contribution in [3.05, 3.63) is 24.2 Å². The number of imidazole rings is 1. The highest BCUT2D eigenvalue weighted by molar-refractivity contribution is 5.71. The Morgan fingerprint density at radius 2 is 2.47 bits per heavy atom. The average Bonchev–Trinajstić information content (AvgIpc) is 2.94. The van der Waals surface area contributed by atoms with E-state index in [-0.39, 0.29) is 0 Å². The highest BCUT2D eigenvalue weighted by Crippen LogP contribution is 2.24. The van der Waals surface area contributed by atoms with Gasteiger partial charge in [-0.15, -0.1) is 0 Å². The van der Waals surface area contributed by atoms with Crippen LogP contribution >= 0.6 is 0 Å². The predicted octanol–water partition coefficient (Wildman–Crippen LogP) is 1.92. The van der Waals surface area contributed by atoms with Gasteiger partial charge in [0.05, 0.1) is 6.04 Å². The van der Waals surface area contributed by atoms with Crippen molar-refractivity contribution in [2.45, 2.75) is 32.2 Å². The Hall–Kier alpha value is -1.42. The Balaban J connectivity index is 2.13. The van der Waals surface area contributed by atoms with Gasteiger partial charge in [-0.3, -0.25) is 0 Å². The minimum Gasteiger partial charge on any atom is -0.315 e. The second-order valence-corrected chi connectivity index (χ2v) is 4.64. The van der Waals surface area contributed by atoms with Gasteiger partial charge in [-0.05, 0) is 31.5 Å². The van der Waals surface area contributed by atoms with Crippen LogP contribution in [0.15, 0.2) is 18.3 Å². The summed E-state index contributed by atoms with van der Waals surface area (Å²) in [6.07, 6.45) is 5.20. The van der Waals surface area contributed by atoms with Crippen molar-refractivity contribution in [1.82, 2.24) is 19.9 Å². The van der Waals surface area contributed by atoms with Crippen molar-refractivity contribution in [2.75, 3.05) is 13.1 Å². The topological polar surface area (TPSA) is 42.7 Å². The van der Waals surface area contributed by atoms with Crippen LogP contribution in [0.3, 0.4) is 0 Å². The molecule has 0 spiro atoms. The molecule has 2 aromatic rings. The molecule has 1 fully saturated rings. The summed E-state index contributed by atoms with van der Waals surface area (Å²) >= 11 is 0. The van der Waals surface area contributed by atoms with Crippen LogP contribution in [0.5, 0.6) is 0 Å². The van der Waals surface area contributed by atoms with E-state index in [1.165, 1.54) is 12.2 Å². The van der Waals surface area contributed by atoms with Crippen LogP contribution in [0.4, 0.5) is 0 Å². The number of fused-ring (bicyclic) bond motifs is 1. The number of hydrogen-bond donors (Lipinski definition) is 1. The third-order valence-corrected chi connectivity index (χ3v) is 3.39. The second kappa shape index (κ2) is 4.45. The summed E-state index contributed by atoms with van der Waals surface area (Å²) in [4.78, 5) is 9.22. The van der Waals surface area contributed by atoms with E-state index in [2.05, 4.69) is 27.9 Å². The van der Waals surface area contributed by atoms with Crippen LogP contribution in [-0.2, 0) is 6.42 Å². The molecule has 4 nitrogen and oxygen atoms in total. The van der Waals surface area contributed by atoms with E-state index in [0.717, 1.165) is 37.1 Å². The molecule has 0 bridgehead atoms. The molecule has 1 N–H and O–H groups in total. The molecule has 1 aliphatic rings. The molecule has 0 aromatic carbocycles. The number of pyridine rings is 1. The summed E-state index contributed by atoms with van der Waals surface area (Å²) < 4.78 is 2.35. The lowest BCUT2D eigenvalue weighted by atomic mass is 10.2. The van der Waals surface area contributed by atoms with Gasteiger partial charge in [0, 0.05) is 19.2 Å². The first-order valence-electron chi connectivity index (χ1n) is 6.42. The molecule has 2 aromatic heterocycles. The van der Waals surface area contributed by atoms with Crippen LogP contribution < -0.4 is 5.32 Å². The summed E-state index contributed by atoms with van der Waals surface area (Å²) in [5, 5.41) is 3.42. The highest BCUT2D eigenvalue weighted by Gasteiger charge is 2.22. The van der Waals surface area contributed by atoms with Crippen LogP contribution in [0.2, 0.25) is 0 Å². The zero-order valence-electron chi connectivity index (χ0n) is 10.2. The summed E-state index contributed by atoms with van der Waals surface area (Å²) in [7, 11) is 0. The van der Waals surface area contributed by atoms with E-state index >= 15 is 0 Å². The minimum absolute atomic E-state index is 0.524. The molecule has 0 saturated carbocycles. The molecule has 1 saturated heterocycles. The first-order chi connectivity index (χ1) is 8.40. The van der Waals surface area contributed by atoms with E-state index in [1.807, 2.05) is 12.3 Å². The van der Waals surface area contributed by atoms with Crippen molar-refractivity contribution in [2.24, 2.45) is 0 Å². The average molecular weight is 230 g/mol. The number of rotatable bonds is 3. The molecule has 90 valence electrons. The Bertz CT molecular complexity index is 511. The normalized spacial score (nSPS) is 20.2. The van der Waals surface area contributed by atoms with Gasteiger partial charge in [-0.25, -0.2) is 9.97 Å². The van der Waals surface area contributed by atoms with Gasteiger partial charge in [0.1, 0.15) is 11.3 Å². The summed E-state index contributed by atoms with van der Waals surface area (Å²) in [6, 6.07) is 4.54. The molecule has 1 unspecified atom stereocenters. The third-order valence-electron chi connectivity index (χ3n) is 3.39. The van der Waals surface area contributed by atoms with Gasteiger partial charge >= 0.3 is 0 Å².